The number of nitrogens with one attached hydrogen (secondary N) is 2. The normalized spacial score (nSPS) is 12.8. The van der Waals surface area contributed by atoms with E-state index in [2.05, 4.69) is 29.5 Å². The monoisotopic (exact) mass is 539 g/mol. The average molecular weight is 540 g/mol. The van der Waals surface area contributed by atoms with Gasteiger partial charge in [-0.25, -0.2) is 9.78 Å². The maximum atomic E-state index is 13.2. The van der Waals surface area contributed by atoms with Gasteiger partial charge in [-0.1, -0.05) is 74.5 Å². The van der Waals surface area contributed by atoms with Gasteiger partial charge in [-0.05, 0) is 36.8 Å². The fourth-order valence-corrected chi connectivity index (χ4v) is 5.54. The van der Waals surface area contributed by atoms with Crippen LogP contribution in [0.15, 0.2) is 66.0 Å². The van der Waals surface area contributed by atoms with Crippen molar-refractivity contribution < 1.29 is 14.3 Å². The number of ketones is 1. The highest BCUT2D eigenvalue weighted by atomic mass is 32.2. The second-order valence-electron chi connectivity index (χ2n) is 9.50. The van der Waals surface area contributed by atoms with E-state index in [4.69, 9.17) is 4.74 Å². The summed E-state index contributed by atoms with van der Waals surface area (Å²) in [4.78, 5) is 30.3. The Hall–Kier alpha value is -2.68. The van der Waals surface area contributed by atoms with Crippen molar-refractivity contribution in [2.75, 3.05) is 12.3 Å². The molecule has 0 spiro atoms. The highest BCUT2D eigenvalue weighted by Gasteiger charge is 2.22. The van der Waals surface area contributed by atoms with Crippen LogP contribution in [0.5, 0.6) is 0 Å². The summed E-state index contributed by atoms with van der Waals surface area (Å²) in [6.07, 6.45) is 0.928. The molecule has 2 unspecified atom stereocenters. The van der Waals surface area contributed by atoms with E-state index in [9.17, 15) is 9.59 Å². The predicted molar refractivity (Wildman–Crippen MR) is 153 cm³/mol. The molecule has 3 rings (SSSR count). The zero-order chi connectivity index (χ0) is 26.5. The summed E-state index contributed by atoms with van der Waals surface area (Å²) in [6.45, 7) is 6.93. The molecule has 0 aliphatic carbocycles. The first-order valence-electron chi connectivity index (χ1n) is 12.6. The summed E-state index contributed by atoms with van der Waals surface area (Å²) >= 11 is 3.22. The Labute approximate surface area is 228 Å². The Balaban J connectivity index is 1.57. The topological polar surface area (TPSA) is 80.3 Å². The number of nitrogens with zero attached hydrogens (tertiary/aromatic N) is 1. The Morgan fingerprint density at radius 1 is 1.03 bits per heavy atom. The molecule has 37 heavy (non-hydrogen) atoms. The molecule has 8 heteroatoms. The number of aryl methyl sites for hydroxylation is 1. The second kappa shape index (κ2) is 15.5. The molecule has 0 aliphatic rings. The fraction of sp³-hybridized carbons (Fsp3) is 0.414. The standard InChI is InChI=1S/C29H37N3O3S2/c1-21(2)14-25(32-29(34)35-17-24-12-8-5-9-13-24)16-30-27(15-23-10-6-4-7-11-23)28(33)20-36-18-26-19-37-22(3)31-26/h4-13,19,21,25,27,30H,14-18,20H2,1-3H3,(H,32,34). The number of hydrogen-bond acceptors (Lipinski definition) is 7. The lowest BCUT2D eigenvalue weighted by atomic mass is 10.0. The Morgan fingerprint density at radius 2 is 1.70 bits per heavy atom. The lowest BCUT2D eigenvalue weighted by Gasteiger charge is -2.24. The van der Waals surface area contributed by atoms with E-state index in [-0.39, 0.29) is 24.5 Å². The van der Waals surface area contributed by atoms with Gasteiger partial charge >= 0.3 is 6.09 Å². The number of amides is 1. The number of carbonyl (C=O) groups excluding carboxylic acids is 2. The summed E-state index contributed by atoms with van der Waals surface area (Å²) in [6, 6.07) is 19.2. The van der Waals surface area contributed by atoms with Gasteiger partial charge < -0.3 is 15.4 Å². The molecule has 1 amide bonds. The van der Waals surface area contributed by atoms with Crippen LogP contribution in [0.3, 0.4) is 0 Å². The van der Waals surface area contributed by atoms with Crippen LogP contribution in [0.4, 0.5) is 4.79 Å². The van der Waals surface area contributed by atoms with Gasteiger partial charge in [0.05, 0.1) is 22.5 Å². The number of alkyl carbamates (subject to hydrolysis) is 1. The molecule has 0 saturated heterocycles. The number of thiazole rings is 1. The van der Waals surface area contributed by atoms with Crippen molar-refractivity contribution in [2.45, 2.75) is 58.1 Å². The van der Waals surface area contributed by atoms with Crippen LogP contribution in [0.1, 0.15) is 42.1 Å². The van der Waals surface area contributed by atoms with E-state index >= 15 is 0 Å². The molecule has 0 saturated carbocycles. The maximum Gasteiger partial charge on any atom is 0.407 e. The van der Waals surface area contributed by atoms with E-state index < -0.39 is 6.09 Å². The molecule has 0 bridgehead atoms. The van der Waals surface area contributed by atoms with Crippen LogP contribution < -0.4 is 10.6 Å². The van der Waals surface area contributed by atoms with Crippen molar-refractivity contribution in [3.63, 3.8) is 0 Å². The van der Waals surface area contributed by atoms with Crippen molar-refractivity contribution in [1.82, 2.24) is 15.6 Å². The van der Waals surface area contributed by atoms with Crippen molar-refractivity contribution in [3.05, 3.63) is 87.9 Å². The minimum absolute atomic E-state index is 0.149. The average Bonchev–Trinajstić information content (AvgIpc) is 3.30. The highest BCUT2D eigenvalue weighted by molar-refractivity contribution is 7.99. The molecule has 0 fully saturated rings. The summed E-state index contributed by atoms with van der Waals surface area (Å²) in [7, 11) is 0. The minimum atomic E-state index is -0.448. The molecule has 6 nitrogen and oxygen atoms in total. The summed E-state index contributed by atoms with van der Waals surface area (Å²) < 4.78 is 5.43. The van der Waals surface area contributed by atoms with Gasteiger partial charge in [0.15, 0.2) is 5.78 Å². The van der Waals surface area contributed by atoms with Crippen molar-refractivity contribution in [3.8, 4) is 0 Å². The van der Waals surface area contributed by atoms with Gasteiger partial charge in [0.25, 0.3) is 0 Å². The van der Waals surface area contributed by atoms with E-state index in [1.165, 1.54) is 0 Å². The molecule has 2 aromatic carbocycles. The van der Waals surface area contributed by atoms with Gasteiger partial charge in [-0.15, -0.1) is 23.1 Å². The maximum absolute atomic E-state index is 13.2. The number of aromatic nitrogens is 1. The molecule has 3 aromatic rings. The summed E-state index contributed by atoms with van der Waals surface area (Å²) in [5.74, 6) is 1.65. The number of ether oxygens (including phenoxy) is 1. The molecule has 0 aliphatic heterocycles. The lowest BCUT2D eigenvalue weighted by Crippen LogP contribution is -2.48. The van der Waals surface area contributed by atoms with Crippen LogP contribution in [0.2, 0.25) is 0 Å². The Morgan fingerprint density at radius 3 is 2.32 bits per heavy atom. The van der Waals surface area contributed by atoms with Crippen LogP contribution >= 0.6 is 23.1 Å². The Bertz CT molecular complexity index is 1090. The van der Waals surface area contributed by atoms with E-state index in [0.29, 0.717) is 24.6 Å². The largest absolute Gasteiger partial charge is 0.445 e. The van der Waals surface area contributed by atoms with Crippen molar-refractivity contribution >= 4 is 35.0 Å². The molecule has 2 N–H and O–H groups in total. The SMILES string of the molecule is Cc1nc(CSCC(=O)C(Cc2ccccc2)NCC(CC(C)C)NC(=O)OCc2ccccc2)cs1. The minimum Gasteiger partial charge on any atom is -0.445 e. The predicted octanol–water partition coefficient (Wildman–Crippen LogP) is 5.80. The quantitative estimate of drug-likeness (QED) is 0.254. The molecule has 1 heterocycles. The Kier molecular flexibility index (Phi) is 12.1. The first-order chi connectivity index (χ1) is 17.9. The third-order valence-corrected chi connectivity index (χ3v) is 7.54. The number of thioether (sulfide) groups is 1. The molecule has 198 valence electrons. The van der Waals surface area contributed by atoms with Gasteiger partial charge in [0.2, 0.25) is 0 Å². The number of benzene rings is 2. The number of hydrogen-bond donors (Lipinski definition) is 2. The summed E-state index contributed by atoms with van der Waals surface area (Å²) in [5.41, 5.74) is 3.06. The van der Waals surface area contributed by atoms with E-state index in [0.717, 1.165) is 34.0 Å². The smallest absolute Gasteiger partial charge is 0.407 e. The second-order valence-corrected chi connectivity index (χ2v) is 11.5. The first-order valence-corrected chi connectivity index (χ1v) is 14.7. The van der Waals surface area contributed by atoms with Crippen molar-refractivity contribution in [1.29, 1.82) is 0 Å². The van der Waals surface area contributed by atoms with Crippen LogP contribution in [-0.4, -0.2) is 41.2 Å². The zero-order valence-electron chi connectivity index (χ0n) is 21.8. The molecule has 0 radical (unpaired) electrons. The lowest BCUT2D eigenvalue weighted by molar-refractivity contribution is -0.118. The van der Waals surface area contributed by atoms with Crippen LogP contribution in [0, 0.1) is 12.8 Å². The number of carbonyl (C=O) groups is 2. The van der Waals surface area contributed by atoms with Crippen LogP contribution in [-0.2, 0) is 28.3 Å². The van der Waals surface area contributed by atoms with Gasteiger partial charge in [0.1, 0.15) is 6.61 Å². The number of Topliss-reactive ketones (excluding diaryl/α,β-unsaturated/α-hetero) is 1. The third-order valence-electron chi connectivity index (χ3n) is 5.73. The van der Waals surface area contributed by atoms with Gasteiger partial charge in [-0.2, -0.15) is 0 Å². The van der Waals surface area contributed by atoms with Crippen molar-refractivity contribution in [2.24, 2.45) is 5.92 Å². The van der Waals surface area contributed by atoms with Crippen LogP contribution in [0.25, 0.3) is 0 Å². The van der Waals surface area contributed by atoms with Gasteiger partial charge in [-0.3, -0.25) is 4.79 Å². The first kappa shape index (κ1) is 28.9. The highest BCUT2D eigenvalue weighted by Crippen LogP contribution is 2.16. The third kappa shape index (κ3) is 11.1. The number of rotatable bonds is 15. The summed E-state index contributed by atoms with van der Waals surface area (Å²) in [5, 5.41) is 9.54. The fourth-order valence-electron chi connectivity index (χ4n) is 3.96. The molecule has 1 aromatic heterocycles. The molecular formula is C29H37N3O3S2. The zero-order valence-corrected chi connectivity index (χ0v) is 23.4. The molecular weight excluding hydrogens is 502 g/mol. The van der Waals surface area contributed by atoms with E-state index in [1.807, 2.05) is 73.0 Å². The van der Waals surface area contributed by atoms with E-state index in [1.54, 1.807) is 23.1 Å². The molecule has 2 atom stereocenters. The van der Waals surface area contributed by atoms with Gasteiger partial charge in [0, 0.05) is 23.7 Å².